The van der Waals surface area contributed by atoms with E-state index < -0.39 is 0 Å². The highest BCUT2D eigenvalue weighted by Gasteiger charge is 2.14. The molecule has 0 bridgehead atoms. The molecule has 0 saturated heterocycles. The van der Waals surface area contributed by atoms with Gasteiger partial charge in [-0.05, 0) is 44.5 Å². The lowest BCUT2D eigenvalue weighted by molar-refractivity contribution is -0.126. The molecule has 0 spiro atoms. The second-order valence-electron chi connectivity index (χ2n) is 4.15. The predicted molar refractivity (Wildman–Crippen MR) is 79.1 cm³/mol. The van der Waals surface area contributed by atoms with Crippen molar-refractivity contribution in [2.45, 2.75) is 20.8 Å². The molecule has 1 amide bonds. The first kappa shape index (κ1) is 15.8. The number of nitriles is 1. The monoisotopic (exact) mass is 272 g/mol. The molecule has 0 aromatic heterocycles. The van der Waals surface area contributed by atoms with E-state index in [0.29, 0.717) is 19.7 Å². The van der Waals surface area contributed by atoms with Gasteiger partial charge in [-0.2, -0.15) is 5.26 Å². The van der Waals surface area contributed by atoms with Gasteiger partial charge < -0.3 is 9.64 Å². The number of ether oxygens (including phenoxy) is 1. The maximum absolute atomic E-state index is 12.1. The number of hydrogen-bond acceptors (Lipinski definition) is 3. The van der Waals surface area contributed by atoms with Crippen LogP contribution in [0.3, 0.4) is 0 Å². The van der Waals surface area contributed by atoms with Crippen LogP contribution >= 0.6 is 0 Å². The van der Waals surface area contributed by atoms with E-state index in [1.807, 2.05) is 51.1 Å². The van der Waals surface area contributed by atoms with E-state index in [0.717, 1.165) is 11.3 Å². The molecule has 0 N–H and O–H groups in total. The average molecular weight is 272 g/mol. The van der Waals surface area contributed by atoms with Crippen LogP contribution in [0.25, 0.3) is 6.08 Å². The van der Waals surface area contributed by atoms with Crippen molar-refractivity contribution in [1.29, 1.82) is 5.26 Å². The van der Waals surface area contributed by atoms with Crippen molar-refractivity contribution >= 4 is 12.0 Å². The molecule has 0 saturated carbocycles. The van der Waals surface area contributed by atoms with Gasteiger partial charge in [0.05, 0.1) is 6.61 Å². The summed E-state index contributed by atoms with van der Waals surface area (Å²) in [5, 5.41) is 9.15. The minimum atomic E-state index is -0.230. The summed E-state index contributed by atoms with van der Waals surface area (Å²) in [6.45, 7) is 7.51. The van der Waals surface area contributed by atoms with E-state index in [1.165, 1.54) is 0 Å². The smallest absolute Gasteiger partial charge is 0.264 e. The molecule has 1 aromatic carbocycles. The van der Waals surface area contributed by atoms with Crippen molar-refractivity contribution in [2.75, 3.05) is 19.7 Å². The highest BCUT2D eigenvalue weighted by Crippen LogP contribution is 2.15. The normalized spacial score (nSPS) is 10.8. The molecule has 0 heterocycles. The molecular formula is C16H20N2O2. The summed E-state index contributed by atoms with van der Waals surface area (Å²) >= 11 is 0. The summed E-state index contributed by atoms with van der Waals surface area (Å²) in [5.41, 5.74) is 0.961. The number of likely N-dealkylation sites (N-methyl/N-ethyl adjacent to an activating group) is 1. The Bertz CT molecular complexity index is 508. The molecule has 0 fully saturated rings. The van der Waals surface area contributed by atoms with Crippen LogP contribution in [0.15, 0.2) is 29.8 Å². The fourth-order valence-electron chi connectivity index (χ4n) is 1.82. The van der Waals surface area contributed by atoms with E-state index in [4.69, 9.17) is 10.00 Å². The number of rotatable bonds is 6. The lowest BCUT2D eigenvalue weighted by Gasteiger charge is -2.17. The highest BCUT2D eigenvalue weighted by atomic mass is 16.5. The first-order chi connectivity index (χ1) is 9.65. The van der Waals surface area contributed by atoms with Crippen LogP contribution in [0, 0.1) is 11.3 Å². The van der Waals surface area contributed by atoms with E-state index >= 15 is 0 Å². The van der Waals surface area contributed by atoms with Gasteiger partial charge in [-0.1, -0.05) is 12.1 Å². The average Bonchev–Trinajstić information content (AvgIpc) is 2.48. The molecule has 1 rings (SSSR count). The molecule has 1 aromatic rings. The Kier molecular flexibility index (Phi) is 6.31. The lowest BCUT2D eigenvalue weighted by Crippen LogP contribution is -2.31. The van der Waals surface area contributed by atoms with Crippen LogP contribution in [0.2, 0.25) is 0 Å². The Morgan fingerprint density at radius 2 is 1.85 bits per heavy atom. The highest BCUT2D eigenvalue weighted by molar-refractivity contribution is 6.01. The Hall–Kier alpha value is -2.28. The first-order valence-electron chi connectivity index (χ1n) is 6.80. The minimum Gasteiger partial charge on any atom is -0.494 e. The Morgan fingerprint density at radius 3 is 2.30 bits per heavy atom. The topological polar surface area (TPSA) is 53.3 Å². The molecule has 0 radical (unpaired) electrons. The molecule has 0 aliphatic carbocycles. The van der Waals surface area contributed by atoms with Crippen molar-refractivity contribution in [3.05, 3.63) is 35.4 Å². The number of hydrogen-bond donors (Lipinski definition) is 0. The third-order valence-electron chi connectivity index (χ3n) is 2.90. The van der Waals surface area contributed by atoms with Crippen LogP contribution < -0.4 is 4.74 Å². The molecule has 0 aliphatic heterocycles. The van der Waals surface area contributed by atoms with Crippen LogP contribution in [-0.4, -0.2) is 30.5 Å². The van der Waals surface area contributed by atoms with Crippen LogP contribution in [-0.2, 0) is 4.79 Å². The number of amides is 1. The van der Waals surface area contributed by atoms with E-state index in [2.05, 4.69) is 0 Å². The van der Waals surface area contributed by atoms with E-state index in [9.17, 15) is 4.79 Å². The summed E-state index contributed by atoms with van der Waals surface area (Å²) in [6.07, 6.45) is 1.61. The standard InChI is InChI=1S/C16H20N2O2/c1-4-18(5-2)16(19)14(12-17)11-13-7-9-15(10-8-13)20-6-3/h7-11H,4-6H2,1-3H3/b14-11+. The van der Waals surface area contributed by atoms with Crippen molar-refractivity contribution in [1.82, 2.24) is 4.90 Å². The molecule has 0 atom stereocenters. The summed E-state index contributed by atoms with van der Waals surface area (Å²) in [7, 11) is 0. The maximum atomic E-state index is 12.1. The SMILES string of the molecule is CCOc1ccc(/C=C(\C#N)C(=O)N(CC)CC)cc1. The van der Waals surface area contributed by atoms with Gasteiger partial charge >= 0.3 is 0 Å². The Balaban J connectivity index is 2.94. The fourth-order valence-corrected chi connectivity index (χ4v) is 1.82. The number of nitrogens with zero attached hydrogens (tertiary/aromatic N) is 2. The number of carbonyl (C=O) groups is 1. The largest absolute Gasteiger partial charge is 0.494 e. The molecule has 4 nitrogen and oxygen atoms in total. The molecule has 0 aliphatic rings. The molecule has 4 heteroatoms. The van der Waals surface area contributed by atoms with Crippen molar-refractivity contribution < 1.29 is 9.53 Å². The van der Waals surface area contributed by atoms with Crippen molar-refractivity contribution in [3.63, 3.8) is 0 Å². The van der Waals surface area contributed by atoms with Crippen molar-refractivity contribution in [2.24, 2.45) is 0 Å². The second kappa shape index (κ2) is 8.00. The van der Waals surface area contributed by atoms with Crippen molar-refractivity contribution in [3.8, 4) is 11.8 Å². The van der Waals surface area contributed by atoms with Crippen LogP contribution in [0.4, 0.5) is 0 Å². The maximum Gasteiger partial charge on any atom is 0.264 e. The first-order valence-corrected chi connectivity index (χ1v) is 6.80. The summed E-state index contributed by atoms with van der Waals surface area (Å²) in [4.78, 5) is 13.7. The van der Waals surface area contributed by atoms with Gasteiger partial charge in [0.15, 0.2) is 0 Å². The zero-order valence-electron chi connectivity index (χ0n) is 12.2. The van der Waals surface area contributed by atoms with Gasteiger partial charge in [-0.3, -0.25) is 4.79 Å². The number of benzene rings is 1. The van der Waals surface area contributed by atoms with Gasteiger partial charge in [-0.25, -0.2) is 0 Å². The van der Waals surface area contributed by atoms with E-state index in [-0.39, 0.29) is 11.5 Å². The quantitative estimate of drug-likeness (QED) is 0.591. The fraction of sp³-hybridized carbons (Fsp3) is 0.375. The van der Waals surface area contributed by atoms with Gasteiger partial charge in [0.1, 0.15) is 17.4 Å². The third kappa shape index (κ3) is 4.13. The van der Waals surface area contributed by atoms with Crippen LogP contribution in [0.1, 0.15) is 26.3 Å². The van der Waals surface area contributed by atoms with E-state index in [1.54, 1.807) is 11.0 Å². The van der Waals surface area contributed by atoms with Gasteiger partial charge in [-0.15, -0.1) is 0 Å². The molecule has 106 valence electrons. The minimum absolute atomic E-state index is 0.151. The second-order valence-corrected chi connectivity index (χ2v) is 4.15. The predicted octanol–water partition coefficient (Wildman–Crippen LogP) is 2.86. The van der Waals surface area contributed by atoms with Gasteiger partial charge in [0, 0.05) is 13.1 Å². The number of carbonyl (C=O) groups excluding carboxylic acids is 1. The molecular weight excluding hydrogens is 252 g/mol. The lowest BCUT2D eigenvalue weighted by atomic mass is 10.1. The summed E-state index contributed by atoms with van der Waals surface area (Å²) < 4.78 is 5.35. The van der Waals surface area contributed by atoms with Gasteiger partial charge in [0.2, 0.25) is 0 Å². The zero-order chi connectivity index (χ0) is 15.0. The molecule has 0 unspecified atom stereocenters. The molecule has 20 heavy (non-hydrogen) atoms. The summed E-state index contributed by atoms with van der Waals surface area (Å²) in [5.74, 6) is 0.546. The Morgan fingerprint density at radius 1 is 1.25 bits per heavy atom. The Labute approximate surface area is 120 Å². The van der Waals surface area contributed by atoms with Crippen LogP contribution in [0.5, 0.6) is 5.75 Å². The summed E-state index contributed by atoms with van der Waals surface area (Å²) in [6, 6.07) is 9.29. The zero-order valence-corrected chi connectivity index (χ0v) is 12.2. The van der Waals surface area contributed by atoms with Gasteiger partial charge in [0.25, 0.3) is 5.91 Å². The third-order valence-corrected chi connectivity index (χ3v) is 2.90.